The number of rotatable bonds is 9. The van der Waals surface area contributed by atoms with Gasteiger partial charge in [0.1, 0.15) is 36.1 Å². The van der Waals surface area contributed by atoms with Gasteiger partial charge in [0.05, 0.1) is 26.4 Å². The first-order chi connectivity index (χ1) is 14.8. The van der Waals surface area contributed by atoms with E-state index in [9.17, 15) is 25.5 Å². The van der Waals surface area contributed by atoms with Crippen LogP contribution in [0.15, 0.2) is 0 Å². The maximum atomic E-state index is 10.2. The van der Waals surface area contributed by atoms with Gasteiger partial charge in [-0.3, -0.25) is 0 Å². The molecule has 0 unspecified atom stereocenters. The van der Waals surface area contributed by atoms with Crippen LogP contribution in [0, 0.1) is 23.7 Å². The van der Waals surface area contributed by atoms with Crippen molar-refractivity contribution in [1.82, 2.24) is 0 Å². The van der Waals surface area contributed by atoms with E-state index in [1.54, 1.807) is 0 Å². The first-order valence-corrected chi connectivity index (χ1v) is 10.4. The van der Waals surface area contributed by atoms with Gasteiger partial charge in [-0.2, -0.15) is 0 Å². The maximum Gasteiger partial charge on any atom is 0.186 e. The summed E-state index contributed by atoms with van der Waals surface area (Å²) >= 11 is 0. The van der Waals surface area contributed by atoms with E-state index in [0.29, 0.717) is 12.8 Å². The number of aliphatic hydroxyl groups excluding tert-OH is 5. The lowest BCUT2D eigenvalue weighted by Gasteiger charge is -2.40. The number of hydrogen-bond acceptors (Lipinski definition) is 10. The van der Waals surface area contributed by atoms with E-state index in [2.05, 4.69) is 23.7 Å². The van der Waals surface area contributed by atoms with Crippen LogP contribution in [-0.4, -0.2) is 106 Å². The zero-order valence-corrected chi connectivity index (χ0v) is 17.5. The summed E-state index contributed by atoms with van der Waals surface area (Å²) in [5, 5.41) is 59.5. The number of unbranched alkanes of at least 4 members (excludes halogenated alkanes) is 2. The molecule has 31 heavy (non-hydrogen) atoms. The molecule has 10 heteroatoms. The molecule has 0 aromatic rings. The third-order valence-electron chi connectivity index (χ3n) is 5.02. The van der Waals surface area contributed by atoms with Crippen LogP contribution in [0.25, 0.3) is 0 Å². The molecule has 6 N–H and O–H groups in total. The highest BCUT2D eigenvalue weighted by molar-refractivity contribution is 5.25. The lowest BCUT2D eigenvalue weighted by Crippen LogP contribution is -2.59. The molecule has 0 saturated carbocycles. The van der Waals surface area contributed by atoms with Crippen LogP contribution >= 0.6 is 0 Å². The molecule has 2 fully saturated rings. The van der Waals surface area contributed by atoms with Gasteiger partial charge in [0.2, 0.25) is 0 Å². The fourth-order valence-corrected chi connectivity index (χ4v) is 3.01. The Morgan fingerprint density at radius 2 is 1.68 bits per heavy atom. The highest BCUT2D eigenvalue weighted by atomic mass is 16.7. The first kappa shape index (κ1) is 26.0. The van der Waals surface area contributed by atoms with Crippen molar-refractivity contribution < 1.29 is 49.6 Å². The molecule has 0 aromatic carbocycles. The monoisotopic (exact) mass is 444 g/mol. The van der Waals surface area contributed by atoms with Crippen molar-refractivity contribution in [3.63, 3.8) is 0 Å². The molecule has 0 radical (unpaired) electrons. The average molecular weight is 444 g/mol. The largest absolute Gasteiger partial charge is 0.393 e. The zero-order chi connectivity index (χ0) is 22.9. The second-order valence-electron chi connectivity index (χ2n) is 7.56. The molecule has 176 valence electrons. The van der Waals surface area contributed by atoms with E-state index in [1.165, 1.54) is 0 Å². The van der Waals surface area contributed by atoms with Crippen LogP contribution in [-0.2, 0) is 18.9 Å². The van der Waals surface area contributed by atoms with Gasteiger partial charge in [-0.05, 0) is 24.7 Å². The van der Waals surface area contributed by atoms with Crippen molar-refractivity contribution in [3.8, 4) is 23.7 Å². The quantitative estimate of drug-likeness (QED) is 0.171. The molecular weight excluding hydrogens is 412 g/mol. The minimum absolute atomic E-state index is 0.198. The van der Waals surface area contributed by atoms with Gasteiger partial charge in [-0.15, -0.1) is 0 Å². The van der Waals surface area contributed by atoms with Gasteiger partial charge >= 0.3 is 0 Å². The van der Waals surface area contributed by atoms with E-state index in [4.69, 9.17) is 24.1 Å². The van der Waals surface area contributed by atoms with Gasteiger partial charge in [0, 0.05) is 12.8 Å². The predicted molar refractivity (Wildman–Crippen MR) is 106 cm³/mol. The Balaban J connectivity index is 1.79. The molecule has 0 spiro atoms. The highest BCUT2D eigenvalue weighted by Crippen LogP contribution is 2.27. The Kier molecular flexibility index (Phi) is 10.6. The normalized spacial score (nSPS) is 37.6. The van der Waals surface area contributed by atoms with Gasteiger partial charge in [0.15, 0.2) is 12.6 Å². The van der Waals surface area contributed by atoms with Gasteiger partial charge in [-0.25, -0.2) is 0 Å². The minimum Gasteiger partial charge on any atom is -0.393 e. The summed E-state index contributed by atoms with van der Waals surface area (Å²) < 4.78 is 21.5. The van der Waals surface area contributed by atoms with Gasteiger partial charge in [0.25, 0.3) is 0 Å². The Hall–Kier alpha value is -1.28. The smallest absolute Gasteiger partial charge is 0.186 e. The summed E-state index contributed by atoms with van der Waals surface area (Å²) in [4.78, 5) is 0. The topological polar surface area (TPSA) is 158 Å². The van der Waals surface area contributed by atoms with Crippen LogP contribution in [0.4, 0.5) is 0 Å². The van der Waals surface area contributed by atoms with Crippen molar-refractivity contribution in [3.05, 3.63) is 0 Å². The van der Waals surface area contributed by atoms with Crippen molar-refractivity contribution in [2.24, 2.45) is 0 Å². The molecule has 2 aliphatic rings. The number of aliphatic hydroxyl groups is 6. The molecule has 2 heterocycles. The van der Waals surface area contributed by atoms with Crippen LogP contribution < -0.4 is 0 Å². The van der Waals surface area contributed by atoms with E-state index < -0.39 is 55.3 Å². The lowest BCUT2D eigenvalue weighted by atomic mass is 9.99. The van der Waals surface area contributed by atoms with E-state index >= 15 is 0 Å². The van der Waals surface area contributed by atoms with Gasteiger partial charge in [-0.1, -0.05) is 18.8 Å². The number of ether oxygens (including phenoxy) is 4. The maximum absolute atomic E-state index is 10.2. The van der Waals surface area contributed by atoms with Crippen LogP contribution in [0.3, 0.4) is 0 Å². The van der Waals surface area contributed by atoms with Crippen molar-refractivity contribution >= 4 is 0 Å². The SMILES string of the molecule is CCCC#CC#CCCCO[C@@H]1O[C@H](CO[C@@H]2OC[C@](O)(CO)[C@H]2O)[C@@H](O)[C@H](O)[C@H]1O. The average Bonchev–Trinajstić information content (AvgIpc) is 3.06. The summed E-state index contributed by atoms with van der Waals surface area (Å²) in [5.41, 5.74) is -1.84. The minimum atomic E-state index is -1.84. The van der Waals surface area contributed by atoms with E-state index in [0.717, 1.165) is 12.8 Å². The second kappa shape index (κ2) is 12.7. The van der Waals surface area contributed by atoms with Crippen molar-refractivity contribution in [2.45, 2.75) is 81.3 Å². The molecule has 0 aliphatic carbocycles. The summed E-state index contributed by atoms with van der Waals surface area (Å²) in [6.45, 7) is 0.867. The van der Waals surface area contributed by atoms with Crippen molar-refractivity contribution in [1.29, 1.82) is 0 Å². The van der Waals surface area contributed by atoms with Crippen LogP contribution in [0.1, 0.15) is 32.6 Å². The third-order valence-corrected chi connectivity index (χ3v) is 5.02. The molecule has 0 aromatic heterocycles. The molecule has 10 nitrogen and oxygen atoms in total. The Morgan fingerprint density at radius 1 is 0.968 bits per heavy atom. The van der Waals surface area contributed by atoms with Crippen molar-refractivity contribution in [2.75, 3.05) is 26.4 Å². The molecule has 8 atom stereocenters. The van der Waals surface area contributed by atoms with E-state index in [1.807, 2.05) is 6.92 Å². The summed E-state index contributed by atoms with van der Waals surface area (Å²) in [7, 11) is 0. The standard InChI is InChI=1S/C21H32O10/c1-2-3-4-5-6-7-8-9-10-28-19-17(25)16(24)15(23)14(31-19)11-29-20-18(26)21(27,12-22)13-30-20/h14-20,22-27H,2-3,8-13H2,1H3/t14-,15-,16+,17-,18+,19-,20-,21-/m1/s1. The molecule has 2 saturated heterocycles. The first-order valence-electron chi connectivity index (χ1n) is 10.4. The fraction of sp³-hybridized carbons (Fsp3) is 0.810. The Labute approximate surface area is 181 Å². The Morgan fingerprint density at radius 3 is 2.32 bits per heavy atom. The molecule has 2 rings (SSSR count). The summed E-state index contributed by atoms with van der Waals surface area (Å²) in [6.07, 6.45) is -6.65. The lowest BCUT2D eigenvalue weighted by molar-refractivity contribution is -0.309. The van der Waals surface area contributed by atoms with E-state index in [-0.39, 0.29) is 19.8 Å². The summed E-state index contributed by atoms with van der Waals surface area (Å²) in [5.74, 6) is 11.3. The third kappa shape index (κ3) is 7.11. The highest BCUT2D eigenvalue weighted by Gasteiger charge is 2.50. The summed E-state index contributed by atoms with van der Waals surface area (Å²) in [6, 6.07) is 0. The molecular formula is C21H32O10. The Bertz CT molecular complexity index is 665. The predicted octanol–water partition coefficient (Wildman–Crippen LogP) is -2.15. The molecule has 0 amide bonds. The molecule has 0 bridgehead atoms. The van der Waals surface area contributed by atoms with Crippen LogP contribution in [0.5, 0.6) is 0 Å². The second-order valence-corrected chi connectivity index (χ2v) is 7.56. The molecule has 2 aliphatic heterocycles. The number of hydrogen-bond donors (Lipinski definition) is 6. The zero-order valence-electron chi connectivity index (χ0n) is 17.5. The van der Waals surface area contributed by atoms with Crippen LogP contribution in [0.2, 0.25) is 0 Å². The fourth-order valence-electron chi connectivity index (χ4n) is 3.01. The van der Waals surface area contributed by atoms with Gasteiger partial charge < -0.3 is 49.6 Å².